The molecule has 0 spiro atoms. The summed E-state index contributed by atoms with van der Waals surface area (Å²) in [5, 5.41) is 16.9. The van der Waals surface area contributed by atoms with Crippen LogP contribution in [-0.2, 0) is 0 Å². The predicted molar refractivity (Wildman–Crippen MR) is 85.0 cm³/mol. The highest BCUT2D eigenvalue weighted by atomic mass is 16.5. The molecule has 0 radical (unpaired) electrons. The van der Waals surface area contributed by atoms with Crippen molar-refractivity contribution in [3.05, 3.63) is 59.7 Å². The Morgan fingerprint density at radius 3 is 2.68 bits per heavy atom. The zero-order chi connectivity index (χ0) is 15.3. The van der Waals surface area contributed by atoms with Gasteiger partial charge in [0, 0.05) is 17.5 Å². The van der Waals surface area contributed by atoms with Crippen molar-refractivity contribution < 1.29 is 9.84 Å². The van der Waals surface area contributed by atoms with Gasteiger partial charge in [-0.2, -0.15) is 5.10 Å². The van der Waals surface area contributed by atoms with Crippen LogP contribution >= 0.6 is 0 Å². The molecule has 0 amide bonds. The molecule has 1 atom stereocenters. The van der Waals surface area contributed by atoms with Crippen LogP contribution in [0.5, 0.6) is 11.5 Å². The molecule has 2 aromatic carbocycles. The van der Waals surface area contributed by atoms with Gasteiger partial charge in [-0.25, -0.2) is 5.01 Å². The third-order valence-corrected chi connectivity index (χ3v) is 4.31. The van der Waals surface area contributed by atoms with Crippen molar-refractivity contribution in [3.8, 4) is 11.5 Å². The second-order valence-electron chi connectivity index (χ2n) is 6.21. The maximum atomic E-state index is 10.1. The van der Waals surface area contributed by atoms with Gasteiger partial charge >= 0.3 is 0 Å². The minimum atomic E-state index is -0.509. The second kappa shape index (κ2) is 4.50. The Morgan fingerprint density at radius 1 is 1.14 bits per heavy atom. The van der Waals surface area contributed by atoms with E-state index >= 15 is 0 Å². The summed E-state index contributed by atoms with van der Waals surface area (Å²) >= 11 is 0. The second-order valence-corrected chi connectivity index (χ2v) is 6.21. The molecule has 0 bridgehead atoms. The highest BCUT2D eigenvalue weighted by molar-refractivity contribution is 6.04. The van der Waals surface area contributed by atoms with Gasteiger partial charge in [-0.15, -0.1) is 0 Å². The Balaban J connectivity index is 1.80. The fourth-order valence-corrected chi connectivity index (χ4v) is 3.29. The number of nitrogens with zero attached hydrogens (tertiary/aromatic N) is 2. The zero-order valence-corrected chi connectivity index (χ0v) is 12.7. The molecule has 0 aromatic heterocycles. The standard InChI is InChI=1S/C18H18N2O2/c1-18(2)20-15(13-8-4-6-10-17(13)22-18)11-14(19-20)12-7-3-5-9-16(12)21/h3-10,15,21H,11H2,1-2H3/t15-/m1/s1. The van der Waals surface area contributed by atoms with Gasteiger partial charge in [0.2, 0.25) is 0 Å². The van der Waals surface area contributed by atoms with Gasteiger partial charge in [0.1, 0.15) is 11.5 Å². The lowest BCUT2D eigenvalue weighted by Gasteiger charge is -2.43. The van der Waals surface area contributed by atoms with Crippen LogP contribution in [0.3, 0.4) is 0 Å². The summed E-state index contributed by atoms with van der Waals surface area (Å²) in [6.45, 7) is 4.04. The van der Waals surface area contributed by atoms with E-state index in [1.165, 1.54) is 0 Å². The van der Waals surface area contributed by atoms with E-state index in [-0.39, 0.29) is 11.8 Å². The molecule has 4 rings (SSSR count). The molecule has 2 aromatic rings. The number of para-hydroxylation sites is 2. The number of hydrogen-bond donors (Lipinski definition) is 1. The monoisotopic (exact) mass is 294 g/mol. The number of hydrogen-bond acceptors (Lipinski definition) is 4. The number of fused-ring (bicyclic) bond motifs is 3. The van der Waals surface area contributed by atoms with Crippen LogP contribution in [0, 0.1) is 0 Å². The largest absolute Gasteiger partial charge is 0.507 e. The van der Waals surface area contributed by atoms with E-state index in [1.54, 1.807) is 6.07 Å². The molecule has 1 N–H and O–H groups in total. The average Bonchev–Trinajstić information content (AvgIpc) is 2.94. The molecule has 112 valence electrons. The van der Waals surface area contributed by atoms with Crippen molar-refractivity contribution >= 4 is 5.71 Å². The summed E-state index contributed by atoms with van der Waals surface area (Å²) in [7, 11) is 0. The Hall–Kier alpha value is -2.49. The zero-order valence-electron chi connectivity index (χ0n) is 12.7. The summed E-state index contributed by atoms with van der Waals surface area (Å²) in [6.07, 6.45) is 0.765. The fourth-order valence-electron chi connectivity index (χ4n) is 3.29. The summed E-state index contributed by atoms with van der Waals surface area (Å²) in [5.41, 5.74) is 2.34. The van der Waals surface area contributed by atoms with Crippen LogP contribution in [0.2, 0.25) is 0 Å². The van der Waals surface area contributed by atoms with Crippen LogP contribution in [0.15, 0.2) is 53.6 Å². The lowest BCUT2D eigenvalue weighted by Crippen LogP contribution is -2.48. The maximum absolute atomic E-state index is 10.1. The van der Waals surface area contributed by atoms with Gasteiger partial charge in [-0.05, 0) is 32.0 Å². The normalized spacial score (nSPS) is 21.6. The van der Waals surface area contributed by atoms with Crippen LogP contribution in [-0.4, -0.2) is 21.6 Å². The van der Waals surface area contributed by atoms with E-state index in [1.807, 2.05) is 55.3 Å². The fraction of sp³-hybridized carbons (Fsp3) is 0.278. The van der Waals surface area contributed by atoms with E-state index in [2.05, 4.69) is 6.07 Å². The van der Waals surface area contributed by atoms with Crippen molar-refractivity contribution in [2.75, 3.05) is 0 Å². The van der Waals surface area contributed by atoms with E-state index in [4.69, 9.17) is 9.84 Å². The average molecular weight is 294 g/mol. The molecule has 4 heteroatoms. The first-order chi connectivity index (χ1) is 10.6. The van der Waals surface area contributed by atoms with Gasteiger partial charge in [0.05, 0.1) is 11.8 Å². The molecule has 2 aliphatic rings. The van der Waals surface area contributed by atoms with Gasteiger partial charge in [-0.1, -0.05) is 30.3 Å². The van der Waals surface area contributed by atoms with Gasteiger partial charge < -0.3 is 9.84 Å². The molecule has 2 aliphatic heterocycles. The first-order valence-corrected chi connectivity index (χ1v) is 7.49. The van der Waals surface area contributed by atoms with Crippen molar-refractivity contribution in [2.24, 2.45) is 5.10 Å². The maximum Gasteiger partial charge on any atom is 0.192 e. The molecule has 0 fully saturated rings. The number of hydrazone groups is 1. The lowest BCUT2D eigenvalue weighted by molar-refractivity contribution is -0.0911. The Kier molecular flexibility index (Phi) is 2.70. The Bertz CT molecular complexity index is 767. The predicted octanol–water partition coefficient (Wildman–Crippen LogP) is 3.67. The summed E-state index contributed by atoms with van der Waals surface area (Å²) < 4.78 is 6.10. The topological polar surface area (TPSA) is 45.1 Å². The van der Waals surface area contributed by atoms with Crippen LogP contribution in [0.1, 0.15) is 37.4 Å². The molecular weight excluding hydrogens is 276 g/mol. The minimum Gasteiger partial charge on any atom is -0.507 e. The highest BCUT2D eigenvalue weighted by Gasteiger charge is 2.44. The van der Waals surface area contributed by atoms with E-state index in [9.17, 15) is 5.11 Å². The van der Waals surface area contributed by atoms with Crippen molar-refractivity contribution in [2.45, 2.75) is 32.0 Å². The molecule has 0 aliphatic carbocycles. The van der Waals surface area contributed by atoms with Crippen molar-refractivity contribution in [1.29, 1.82) is 0 Å². The molecule has 0 unspecified atom stereocenters. The lowest BCUT2D eigenvalue weighted by atomic mass is 9.95. The number of benzene rings is 2. The van der Waals surface area contributed by atoms with Crippen LogP contribution in [0.25, 0.3) is 0 Å². The SMILES string of the molecule is CC1(C)Oc2ccccc2[C@H]2CC(c3ccccc3O)=NN21. The number of rotatable bonds is 1. The third kappa shape index (κ3) is 1.87. The molecule has 0 saturated carbocycles. The highest BCUT2D eigenvalue weighted by Crippen LogP contribution is 2.46. The summed E-state index contributed by atoms with van der Waals surface area (Å²) in [4.78, 5) is 0. The summed E-state index contributed by atoms with van der Waals surface area (Å²) in [6, 6.07) is 15.6. The van der Waals surface area contributed by atoms with Gasteiger partial charge in [0.25, 0.3) is 0 Å². The number of phenols is 1. The molecule has 0 saturated heterocycles. The quantitative estimate of drug-likeness (QED) is 0.872. The molecule has 4 nitrogen and oxygen atoms in total. The van der Waals surface area contributed by atoms with Crippen molar-refractivity contribution in [3.63, 3.8) is 0 Å². The number of aromatic hydroxyl groups is 1. The molecule has 22 heavy (non-hydrogen) atoms. The van der Waals surface area contributed by atoms with Crippen LogP contribution < -0.4 is 4.74 Å². The van der Waals surface area contributed by atoms with Crippen molar-refractivity contribution in [1.82, 2.24) is 5.01 Å². The van der Waals surface area contributed by atoms with Gasteiger partial charge in [-0.3, -0.25) is 0 Å². The van der Waals surface area contributed by atoms with E-state index < -0.39 is 5.72 Å². The van der Waals surface area contributed by atoms with E-state index in [0.29, 0.717) is 0 Å². The van der Waals surface area contributed by atoms with E-state index in [0.717, 1.165) is 29.0 Å². The first kappa shape index (κ1) is 13.2. The van der Waals surface area contributed by atoms with Crippen LogP contribution in [0.4, 0.5) is 0 Å². The Labute approximate surface area is 129 Å². The third-order valence-electron chi connectivity index (χ3n) is 4.31. The first-order valence-electron chi connectivity index (χ1n) is 7.49. The number of phenolic OH excluding ortho intramolecular Hbond substituents is 1. The smallest absolute Gasteiger partial charge is 0.192 e. The number of ether oxygens (including phenoxy) is 1. The molecular formula is C18H18N2O2. The minimum absolute atomic E-state index is 0.148. The summed E-state index contributed by atoms with van der Waals surface area (Å²) in [5.74, 6) is 1.19. The molecule has 2 heterocycles. The van der Waals surface area contributed by atoms with Gasteiger partial charge in [0.15, 0.2) is 5.72 Å². The Morgan fingerprint density at radius 2 is 1.86 bits per heavy atom.